The van der Waals surface area contributed by atoms with Crippen LogP contribution in [0.4, 0.5) is 0 Å². The lowest BCUT2D eigenvalue weighted by Gasteiger charge is -2.55. The first-order chi connectivity index (χ1) is 15.3. The van der Waals surface area contributed by atoms with Crippen LogP contribution in [0.2, 0.25) is 0 Å². The van der Waals surface area contributed by atoms with Crippen LogP contribution < -0.4 is 10.6 Å². The van der Waals surface area contributed by atoms with Crippen molar-refractivity contribution in [3.63, 3.8) is 0 Å². The number of carbonyl (C=O) groups excluding carboxylic acids is 1. The molecule has 1 aromatic carbocycles. The van der Waals surface area contributed by atoms with Crippen molar-refractivity contribution in [3.05, 3.63) is 35.9 Å². The number of nitrogens with zero attached hydrogens (tertiary/aromatic N) is 3. The van der Waals surface area contributed by atoms with Gasteiger partial charge in [-0.15, -0.1) is 24.0 Å². The van der Waals surface area contributed by atoms with Crippen LogP contribution in [0.3, 0.4) is 0 Å². The number of likely N-dealkylation sites (N-methyl/N-ethyl adjacent to an activating group) is 1. The lowest BCUT2D eigenvalue weighted by atomic mass is 9.57. The molecule has 3 unspecified atom stereocenters. The fraction of sp³-hybridized carbons (Fsp3) is 0.680. The Morgan fingerprint density at radius 3 is 2.52 bits per heavy atom. The van der Waals surface area contributed by atoms with Gasteiger partial charge in [-0.05, 0) is 24.8 Å². The predicted molar refractivity (Wildman–Crippen MR) is 143 cm³/mol. The number of benzene rings is 1. The molecule has 2 heterocycles. The number of rotatable bonds is 6. The highest BCUT2D eigenvalue weighted by Gasteiger charge is 2.59. The van der Waals surface area contributed by atoms with E-state index in [0.717, 1.165) is 51.5 Å². The van der Waals surface area contributed by atoms with Gasteiger partial charge in [-0.3, -0.25) is 9.69 Å². The molecular formula is C25H40IN5O2. The molecule has 2 N–H and O–H groups in total. The Bertz CT molecular complexity index is 808. The summed E-state index contributed by atoms with van der Waals surface area (Å²) >= 11 is 0. The Morgan fingerprint density at radius 2 is 1.85 bits per heavy atom. The van der Waals surface area contributed by atoms with E-state index in [1.807, 2.05) is 0 Å². The Kier molecular flexibility index (Phi) is 9.02. The van der Waals surface area contributed by atoms with Gasteiger partial charge in [-0.1, -0.05) is 44.2 Å². The van der Waals surface area contributed by atoms with E-state index >= 15 is 0 Å². The smallest absolute Gasteiger partial charge is 0.243 e. The van der Waals surface area contributed by atoms with Gasteiger partial charge in [-0.2, -0.15) is 0 Å². The van der Waals surface area contributed by atoms with Crippen molar-refractivity contribution < 1.29 is 9.53 Å². The number of ether oxygens (including phenoxy) is 1. The maximum Gasteiger partial charge on any atom is 0.243 e. The van der Waals surface area contributed by atoms with Gasteiger partial charge in [0.15, 0.2) is 5.96 Å². The average Bonchev–Trinajstić information content (AvgIpc) is 3.24. The molecule has 0 radical (unpaired) electrons. The van der Waals surface area contributed by atoms with Crippen molar-refractivity contribution in [1.29, 1.82) is 0 Å². The molecule has 2 aliphatic heterocycles. The summed E-state index contributed by atoms with van der Waals surface area (Å²) in [5, 5.41) is 7.33. The van der Waals surface area contributed by atoms with Crippen molar-refractivity contribution in [2.45, 2.75) is 57.8 Å². The first-order valence-corrected chi connectivity index (χ1v) is 12.0. The van der Waals surface area contributed by atoms with Gasteiger partial charge in [0.1, 0.15) is 6.54 Å². The molecule has 3 aliphatic rings. The second kappa shape index (κ2) is 11.4. The van der Waals surface area contributed by atoms with E-state index in [0.29, 0.717) is 24.1 Å². The van der Waals surface area contributed by atoms with E-state index in [1.165, 1.54) is 5.56 Å². The van der Waals surface area contributed by atoms with Crippen molar-refractivity contribution in [1.82, 2.24) is 20.4 Å². The fourth-order valence-electron chi connectivity index (χ4n) is 5.46. The molecule has 2 saturated heterocycles. The summed E-state index contributed by atoms with van der Waals surface area (Å²) in [7, 11) is 3.55. The number of aliphatic imine (C=N–C) groups is 1. The largest absolute Gasteiger partial charge is 0.377 e. The molecule has 0 spiro atoms. The van der Waals surface area contributed by atoms with Crippen LogP contribution in [0.5, 0.6) is 0 Å². The van der Waals surface area contributed by atoms with Crippen LogP contribution in [0.15, 0.2) is 35.3 Å². The topological polar surface area (TPSA) is 69.2 Å². The molecule has 1 saturated carbocycles. The predicted octanol–water partition coefficient (Wildman–Crippen LogP) is 2.71. The number of hydrogen-bond donors (Lipinski definition) is 2. The van der Waals surface area contributed by atoms with Crippen molar-refractivity contribution in [2.24, 2.45) is 16.3 Å². The number of piperidine rings is 1. The number of amides is 1. The summed E-state index contributed by atoms with van der Waals surface area (Å²) in [6.07, 6.45) is 3.55. The lowest BCUT2D eigenvalue weighted by molar-refractivity contribution is -0.127. The number of nitrogens with one attached hydrogen (secondary N) is 2. The van der Waals surface area contributed by atoms with E-state index in [-0.39, 0.29) is 41.8 Å². The number of likely N-dealkylation sites (tertiary alicyclic amines) is 1. The Morgan fingerprint density at radius 1 is 1.15 bits per heavy atom. The molecule has 4 rings (SSSR count). The van der Waals surface area contributed by atoms with Crippen LogP contribution in [-0.4, -0.2) is 80.2 Å². The molecule has 0 bridgehead atoms. The summed E-state index contributed by atoms with van der Waals surface area (Å²) in [6.45, 7) is 8.66. The second-order valence-electron chi connectivity index (χ2n) is 10.3. The number of carbonyl (C=O) groups is 1. The van der Waals surface area contributed by atoms with E-state index in [9.17, 15) is 4.79 Å². The Hall–Kier alpha value is -1.39. The SMILES string of the molecule is CN(C)C(=O)CN=C(NC1CCN(Cc2ccccc2)CC1)NC1C2CCOC2C1(C)C.I. The Balaban J connectivity index is 0.00000306. The molecular weight excluding hydrogens is 529 g/mol. The van der Waals surface area contributed by atoms with Crippen LogP contribution in [-0.2, 0) is 16.1 Å². The van der Waals surface area contributed by atoms with Gasteiger partial charge >= 0.3 is 0 Å². The van der Waals surface area contributed by atoms with Gasteiger partial charge < -0.3 is 20.3 Å². The molecule has 8 heteroatoms. The minimum absolute atomic E-state index is 0. The molecule has 1 aliphatic carbocycles. The van der Waals surface area contributed by atoms with Gasteiger partial charge in [0.05, 0.1) is 6.10 Å². The highest BCUT2D eigenvalue weighted by Crippen LogP contribution is 2.52. The molecule has 3 atom stereocenters. The number of hydrogen-bond acceptors (Lipinski definition) is 4. The zero-order chi connectivity index (χ0) is 22.7. The zero-order valence-electron chi connectivity index (χ0n) is 20.4. The first kappa shape index (κ1) is 26.2. The lowest BCUT2D eigenvalue weighted by Crippen LogP contribution is -2.68. The molecule has 184 valence electrons. The van der Waals surface area contributed by atoms with E-state index in [1.54, 1.807) is 19.0 Å². The molecule has 1 amide bonds. The summed E-state index contributed by atoms with van der Waals surface area (Å²) in [5.41, 5.74) is 1.43. The van der Waals surface area contributed by atoms with E-state index < -0.39 is 0 Å². The van der Waals surface area contributed by atoms with E-state index in [2.05, 4.69) is 64.7 Å². The van der Waals surface area contributed by atoms with Crippen LogP contribution in [0.25, 0.3) is 0 Å². The minimum atomic E-state index is 0. The summed E-state index contributed by atoms with van der Waals surface area (Å²) in [5.74, 6) is 1.30. The third kappa shape index (κ3) is 6.19. The third-order valence-corrected chi connectivity index (χ3v) is 7.44. The number of fused-ring (bicyclic) bond motifs is 1. The molecule has 1 aromatic rings. The van der Waals surface area contributed by atoms with Gasteiger partial charge in [0.25, 0.3) is 0 Å². The quantitative estimate of drug-likeness (QED) is 0.314. The average molecular weight is 570 g/mol. The molecule has 33 heavy (non-hydrogen) atoms. The molecule has 7 nitrogen and oxygen atoms in total. The first-order valence-electron chi connectivity index (χ1n) is 12.0. The normalized spacial score (nSPS) is 27.2. The third-order valence-electron chi connectivity index (χ3n) is 7.44. The summed E-state index contributed by atoms with van der Waals surface area (Å²) in [6, 6.07) is 11.3. The second-order valence-corrected chi connectivity index (χ2v) is 10.3. The van der Waals surface area contributed by atoms with Gasteiger partial charge in [-0.25, -0.2) is 4.99 Å². The zero-order valence-corrected chi connectivity index (χ0v) is 22.7. The van der Waals surface area contributed by atoms with Crippen molar-refractivity contribution in [3.8, 4) is 0 Å². The van der Waals surface area contributed by atoms with E-state index in [4.69, 9.17) is 4.74 Å². The fourth-order valence-corrected chi connectivity index (χ4v) is 5.46. The summed E-state index contributed by atoms with van der Waals surface area (Å²) < 4.78 is 5.95. The maximum atomic E-state index is 12.2. The van der Waals surface area contributed by atoms with Crippen LogP contribution in [0.1, 0.15) is 38.7 Å². The van der Waals surface area contributed by atoms with Crippen LogP contribution >= 0.6 is 24.0 Å². The highest BCUT2D eigenvalue weighted by molar-refractivity contribution is 14.0. The Labute approximate surface area is 215 Å². The standard InChI is InChI=1S/C25H39N5O2.HI/c1-25(2)22(20-12-15-32-23(20)25)28-24(26-16-21(31)29(3)4)27-19-10-13-30(14-11-19)17-18-8-6-5-7-9-18;/h5-9,19-20,22-23H,10-17H2,1-4H3,(H2,26,27,28);1H. The van der Waals surface area contributed by atoms with Crippen LogP contribution in [0, 0.1) is 11.3 Å². The van der Waals surface area contributed by atoms with Crippen molar-refractivity contribution >= 4 is 35.8 Å². The van der Waals surface area contributed by atoms with Gasteiger partial charge in [0.2, 0.25) is 5.91 Å². The van der Waals surface area contributed by atoms with Crippen molar-refractivity contribution in [2.75, 3.05) is 40.3 Å². The highest BCUT2D eigenvalue weighted by atomic mass is 127. The van der Waals surface area contributed by atoms with Gasteiger partial charge in [0, 0.05) is 63.8 Å². The molecule has 3 fully saturated rings. The minimum Gasteiger partial charge on any atom is -0.377 e. The summed E-state index contributed by atoms with van der Waals surface area (Å²) in [4.78, 5) is 21.0. The molecule has 0 aromatic heterocycles. The number of halogens is 1. The number of guanidine groups is 1. The monoisotopic (exact) mass is 569 g/mol. The maximum absolute atomic E-state index is 12.2.